The van der Waals surface area contributed by atoms with Crippen molar-refractivity contribution in [2.45, 2.75) is 58.3 Å². The number of benzene rings is 3. The van der Waals surface area contributed by atoms with E-state index in [9.17, 15) is 4.79 Å². The van der Waals surface area contributed by atoms with Gasteiger partial charge in [0.15, 0.2) is 11.5 Å². The highest BCUT2D eigenvalue weighted by Crippen LogP contribution is 2.43. The van der Waals surface area contributed by atoms with Crippen LogP contribution in [-0.4, -0.2) is 33.5 Å². The van der Waals surface area contributed by atoms with Crippen molar-refractivity contribution in [3.8, 4) is 11.5 Å². The van der Waals surface area contributed by atoms with E-state index in [-0.39, 0.29) is 5.91 Å². The molecule has 5 rings (SSSR count). The second-order valence-electron chi connectivity index (χ2n) is 10.6. The minimum atomic E-state index is -0.575. The van der Waals surface area contributed by atoms with E-state index in [0.717, 1.165) is 51.0 Å². The summed E-state index contributed by atoms with van der Waals surface area (Å²) in [6.45, 7) is 8.45. The van der Waals surface area contributed by atoms with E-state index in [4.69, 9.17) is 19.6 Å². The molecule has 1 atom stereocenters. The largest absolute Gasteiger partial charge is 0.493 e. The molecule has 1 unspecified atom stereocenters. The number of nitrogens with one attached hydrogen (secondary N) is 2. The number of rotatable bonds is 11. The molecule has 1 aliphatic heterocycles. The third-order valence-electron chi connectivity index (χ3n) is 7.50. The van der Waals surface area contributed by atoms with Gasteiger partial charge in [-0.2, -0.15) is 4.98 Å². The topological polar surface area (TPSA) is 90.3 Å². The van der Waals surface area contributed by atoms with Crippen LogP contribution in [0.25, 0.3) is 0 Å². The average Bonchev–Trinajstić information content (AvgIpc) is 3.40. The Bertz CT molecular complexity index is 1720. The van der Waals surface area contributed by atoms with Gasteiger partial charge in [0, 0.05) is 21.6 Å². The molecule has 2 N–H and O–H groups in total. The molecule has 2 heterocycles. The molecule has 0 radical (unpaired) electrons. The summed E-state index contributed by atoms with van der Waals surface area (Å²) in [5.74, 6) is 2.39. The van der Waals surface area contributed by atoms with E-state index in [0.29, 0.717) is 45.0 Å². The molecule has 0 saturated heterocycles. The number of anilines is 2. The summed E-state index contributed by atoms with van der Waals surface area (Å²) < 4.78 is 15.5. The fourth-order valence-corrected chi connectivity index (χ4v) is 6.93. The molecular formula is C33H35Br2N5O3S. The Balaban J connectivity index is 1.55. The van der Waals surface area contributed by atoms with Crippen molar-refractivity contribution in [1.29, 1.82) is 0 Å². The van der Waals surface area contributed by atoms with Gasteiger partial charge in [0.1, 0.15) is 12.6 Å². The normalized spacial score (nSPS) is 14.2. The molecule has 230 valence electrons. The number of carbonyl (C=O) groups is 1. The number of allylic oxidation sites excluding steroid dienone is 1. The number of hydrogen-bond acceptors (Lipinski definition) is 7. The van der Waals surface area contributed by atoms with Gasteiger partial charge in [0.25, 0.3) is 5.91 Å². The maximum atomic E-state index is 14.1. The minimum absolute atomic E-state index is 0.222. The van der Waals surface area contributed by atoms with Gasteiger partial charge < -0.3 is 20.1 Å². The van der Waals surface area contributed by atoms with E-state index in [2.05, 4.69) is 49.4 Å². The lowest BCUT2D eigenvalue weighted by molar-refractivity contribution is -0.113. The molecule has 3 aromatic carbocycles. The lowest BCUT2D eigenvalue weighted by Gasteiger charge is -2.29. The van der Waals surface area contributed by atoms with E-state index < -0.39 is 6.04 Å². The molecule has 0 aliphatic carbocycles. The summed E-state index contributed by atoms with van der Waals surface area (Å²) in [4.78, 5) is 18.9. The second-order valence-corrected chi connectivity index (χ2v) is 13.4. The third-order valence-corrected chi connectivity index (χ3v) is 9.51. The van der Waals surface area contributed by atoms with E-state index in [1.165, 1.54) is 0 Å². The first-order valence-electron chi connectivity index (χ1n) is 14.4. The van der Waals surface area contributed by atoms with Crippen LogP contribution in [0.1, 0.15) is 55.0 Å². The monoisotopic (exact) mass is 739 g/mol. The molecule has 11 heteroatoms. The number of hydrogen-bond donors (Lipinski definition) is 2. The Kier molecular flexibility index (Phi) is 10.4. The van der Waals surface area contributed by atoms with E-state index in [1.54, 1.807) is 23.6 Å². The van der Waals surface area contributed by atoms with Crippen LogP contribution in [0.3, 0.4) is 0 Å². The molecule has 8 nitrogen and oxygen atoms in total. The van der Waals surface area contributed by atoms with E-state index >= 15 is 0 Å². The fourth-order valence-electron chi connectivity index (χ4n) is 5.00. The van der Waals surface area contributed by atoms with Crippen LogP contribution in [-0.2, 0) is 11.4 Å². The number of amides is 1. The van der Waals surface area contributed by atoms with Crippen LogP contribution < -0.4 is 20.1 Å². The van der Waals surface area contributed by atoms with Gasteiger partial charge in [-0.05, 0) is 95.7 Å². The number of ether oxygens (including phenoxy) is 2. The molecule has 1 amide bonds. The summed E-state index contributed by atoms with van der Waals surface area (Å²) in [7, 11) is 1.61. The first-order valence-corrected chi connectivity index (χ1v) is 17.0. The zero-order valence-corrected chi connectivity index (χ0v) is 29.3. The predicted octanol–water partition coefficient (Wildman–Crippen LogP) is 8.83. The average molecular weight is 742 g/mol. The molecule has 0 bridgehead atoms. The van der Waals surface area contributed by atoms with Crippen molar-refractivity contribution in [3.05, 3.63) is 97.1 Å². The van der Waals surface area contributed by atoms with Gasteiger partial charge in [-0.15, -0.1) is 5.10 Å². The van der Waals surface area contributed by atoms with Gasteiger partial charge in [-0.25, -0.2) is 4.68 Å². The number of aromatic nitrogens is 3. The number of methoxy groups -OCH3 is 1. The zero-order chi connectivity index (χ0) is 31.4. The number of unbranched alkanes of at least 4 members (excludes halogenated alkanes) is 1. The standard InChI is InChI=1S/C33H35Br2N5O3S/c1-6-7-14-44-33-38-32-36-21(4)28(31(41)37-26-13-8-10-19(2)20(26)3)29(40(32)39-33)23-16-25(35)30(27(17-23)42-5)43-18-22-11-9-12-24(34)15-22/h8-13,15-17,29H,6-7,14,18H2,1-5H3,(H,37,41)(H,36,38,39). The lowest BCUT2D eigenvalue weighted by Crippen LogP contribution is -2.31. The van der Waals surface area contributed by atoms with Crippen LogP contribution in [0.15, 0.2) is 80.0 Å². The predicted molar refractivity (Wildman–Crippen MR) is 184 cm³/mol. The van der Waals surface area contributed by atoms with Crippen LogP contribution in [0.5, 0.6) is 11.5 Å². The Hall–Kier alpha value is -3.28. The molecule has 0 spiro atoms. The highest BCUT2D eigenvalue weighted by Gasteiger charge is 2.35. The summed E-state index contributed by atoms with van der Waals surface area (Å²) in [5, 5.41) is 12.0. The summed E-state index contributed by atoms with van der Waals surface area (Å²) in [6.07, 6.45) is 2.16. The van der Waals surface area contributed by atoms with Gasteiger partial charge in [-0.1, -0.05) is 65.3 Å². The van der Waals surface area contributed by atoms with Gasteiger partial charge in [0.2, 0.25) is 11.1 Å². The molecule has 4 aromatic rings. The number of carbonyl (C=O) groups excluding carboxylic acids is 1. The second kappa shape index (κ2) is 14.2. The van der Waals surface area contributed by atoms with Crippen LogP contribution in [0.2, 0.25) is 0 Å². The fraction of sp³-hybridized carbons (Fsp3) is 0.303. The van der Waals surface area contributed by atoms with Crippen molar-refractivity contribution in [2.75, 3.05) is 23.5 Å². The van der Waals surface area contributed by atoms with Crippen molar-refractivity contribution in [1.82, 2.24) is 14.8 Å². The summed E-state index contributed by atoms with van der Waals surface area (Å²) in [5.41, 5.74) is 5.94. The lowest BCUT2D eigenvalue weighted by atomic mass is 9.94. The van der Waals surface area contributed by atoms with Crippen molar-refractivity contribution < 1.29 is 14.3 Å². The molecule has 1 aromatic heterocycles. The zero-order valence-electron chi connectivity index (χ0n) is 25.3. The van der Waals surface area contributed by atoms with E-state index in [1.807, 2.05) is 75.4 Å². The first kappa shape index (κ1) is 32.1. The third kappa shape index (κ3) is 7.00. The number of nitrogens with zero attached hydrogens (tertiary/aromatic N) is 3. The Morgan fingerprint density at radius 2 is 1.91 bits per heavy atom. The Morgan fingerprint density at radius 1 is 1.11 bits per heavy atom. The first-order chi connectivity index (χ1) is 21.2. The summed E-state index contributed by atoms with van der Waals surface area (Å²) in [6, 6.07) is 17.2. The Morgan fingerprint density at radius 3 is 2.66 bits per heavy atom. The number of fused-ring (bicyclic) bond motifs is 1. The number of thioether (sulfide) groups is 1. The maximum absolute atomic E-state index is 14.1. The highest BCUT2D eigenvalue weighted by atomic mass is 79.9. The molecule has 0 fully saturated rings. The smallest absolute Gasteiger partial charge is 0.255 e. The highest BCUT2D eigenvalue weighted by molar-refractivity contribution is 9.10. The molecule has 1 aliphatic rings. The van der Waals surface area contributed by atoms with Crippen LogP contribution >= 0.6 is 43.6 Å². The SMILES string of the molecule is CCCCSc1nc2n(n1)C(c1cc(Br)c(OCc3cccc(Br)c3)c(OC)c1)C(C(=O)Nc1cccc(C)c1C)=C(C)N2. The number of halogens is 2. The Labute approximate surface area is 279 Å². The van der Waals surface area contributed by atoms with Crippen LogP contribution in [0.4, 0.5) is 11.6 Å². The summed E-state index contributed by atoms with van der Waals surface area (Å²) >= 11 is 8.86. The van der Waals surface area contributed by atoms with Gasteiger partial charge >= 0.3 is 0 Å². The molecular weight excluding hydrogens is 706 g/mol. The number of aryl methyl sites for hydroxylation is 1. The van der Waals surface area contributed by atoms with Crippen molar-refractivity contribution in [3.63, 3.8) is 0 Å². The minimum Gasteiger partial charge on any atom is -0.493 e. The molecule has 44 heavy (non-hydrogen) atoms. The van der Waals surface area contributed by atoms with Gasteiger partial charge in [0.05, 0.1) is 17.2 Å². The molecule has 0 saturated carbocycles. The maximum Gasteiger partial charge on any atom is 0.255 e. The van der Waals surface area contributed by atoms with Gasteiger partial charge in [-0.3, -0.25) is 4.79 Å². The van der Waals surface area contributed by atoms with Crippen molar-refractivity contribution in [2.24, 2.45) is 0 Å². The van der Waals surface area contributed by atoms with Crippen molar-refractivity contribution >= 4 is 61.2 Å². The van der Waals surface area contributed by atoms with Crippen LogP contribution in [0, 0.1) is 13.8 Å². The quantitative estimate of drug-likeness (QED) is 0.117.